The van der Waals surface area contributed by atoms with Gasteiger partial charge in [0.2, 0.25) is 0 Å². The fourth-order valence-electron chi connectivity index (χ4n) is 6.53. The van der Waals surface area contributed by atoms with Crippen molar-refractivity contribution in [1.82, 2.24) is 0 Å². The topological polar surface area (TPSA) is 0 Å². The standard InChI is InChI=1S/C21H25.C13H22.C5H5.2ClH.Zr/c1-20(2,3)16-9-7-14-11-15-8-10-17(21(4,5)6)13-19(15)18(14)12-16;1-2-7-12(6-1)10-5-11-13-8-3-4-9-13;1-2-4-5-3-1;;;/h7,9-10,12-13H,11H2,1-6H3;12-13H,1-4,6-11H2;1-3H,4H2;2*1H;/q-1;;-1;;;+2/p-2. The Labute approximate surface area is 285 Å². The Morgan fingerprint density at radius 3 is 1.79 bits per heavy atom. The molecule has 0 spiro atoms. The molecule has 0 aliphatic heterocycles. The Hall–Kier alpha value is -0.747. The van der Waals surface area contributed by atoms with E-state index in [-0.39, 0.29) is 35.6 Å². The number of fused-ring (bicyclic) bond motifs is 3. The van der Waals surface area contributed by atoms with Crippen molar-refractivity contribution in [3.63, 3.8) is 0 Å². The number of halogens is 2. The molecule has 2 fully saturated rings. The van der Waals surface area contributed by atoms with Crippen LogP contribution >= 0.6 is 0 Å². The van der Waals surface area contributed by atoms with Crippen molar-refractivity contribution in [2.45, 2.75) is 129 Å². The van der Waals surface area contributed by atoms with E-state index in [9.17, 15) is 0 Å². The van der Waals surface area contributed by atoms with Crippen molar-refractivity contribution in [1.29, 1.82) is 0 Å². The minimum atomic E-state index is 0. The Kier molecular flexibility index (Phi) is 15.2. The van der Waals surface area contributed by atoms with E-state index in [1.165, 1.54) is 97.6 Å². The van der Waals surface area contributed by atoms with Crippen molar-refractivity contribution in [3.8, 4) is 11.1 Å². The first kappa shape index (κ1) is 37.4. The molecule has 2 saturated carbocycles. The van der Waals surface area contributed by atoms with Gasteiger partial charge in [-0.1, -0.05) is 76.3 Å². The summed E-state index contributed by atoms with van der Waals surface area (Å²) >= 11 is 1.74. The molecule has 4 aliphatic rings. The molecule has 0 amide bonds. The van der Waals surface area contributed by atoms with Gasteiger partial charge in [0, 0.05) is 0 Å². The summed E-state index contributed by atoms with van der Waals surface area (Å²) in [6.07, 6.45) is 26.2. The second-order valence-corrected chi connectivity index (χ2v) is 16.4. The number of rotatable bonds is 4. The SMILES string of the molecule is CC(C)(C)c1c[c-]c2c(c1)-c1cc(C(C)(C)C)ccc1C2.[C-]1=CC=CC1.[Cl-].[Cl-].[Zr+2]=[C](CC1CCCC1)CC1CCCC1. The van der Waals surface area contributed by atoms with Crippen LogP contribution < -0.4 is 24.8 Å². The summed E-state index contributed by atoms with van der Waals surface area (Å²) < 4.78 is 1.90. The predicted molar refractivity (Wildman–Crippen MR) is 171 cm³/mol. The summed E-state index contributed by atoms with van der Waals surface area (Å²) in [5.74, 6) is 2.18. The molecular weight excluding hydrogens is 631 g/mol. The molecule has 6 rings (SSSR count). The fourth-order valence-corrected chi connectivity index (χ4v) is 7.95. The van der Waals surface area contributed by atoms with Crippen molar-refractivity contribution in [2.75, 3.05) is 0 Å². The summed E-state index contributed by atoms with van der Waals surface area (Å²) in [4.78, 5) is 0. The van der Waals surface area contributed by atoms with Gasteiger partial charge < -0.3 is 24.8 Å². The molecule has 0 unspecified atom stereocenters. The summed E-state index contributed by atoms with van der Waals surface area (Å²) in [5, 5.41) is 0. The second kappa shape index (κ2) is 17.1. The van der Waals surface area contributed by atoms with Gasteiger partial charge in [0.25, 0.3) is 0 Å². The van der Waals surface area contributed by atoms with Gasteiger partial charge in [-0.05, 0) is 17.4 Å². The van der Waals surface area contributed by atoms with E-state index in [4.69, 9.17) is 0 Å². The molecule has 0 heterocycles. The molecule has 0 bridgehead atoms. The van der Waals surface area contributed by atoms with Crippen LogP contribution in [0.15, 0.2) is 48.6 Å². The van der Waals surface area contributed by atoms with E-state index >= 15 is 0 Å². The molecule has 0 radical (unpaired) electrons. The van der Waals surface area contributed by atoms with E-state index in [1.54, 1.807) is 24.2 Å². The third kappa shape index (κ3) is 11.0. The Bertz CT molecular complexity index is 1100. The van der Waals surface area contributed by atoms with Gasteiger partial charge in [0.05, 0.1) is 0 Å². The molecular formula is C39H52Cl2Zr-2. The van der Waals surface area contributed by atoms with Crippen molar-refractivity contribution in [2.24, 2.45) is 11.8 Å². The van der Waals surface area contributed by atoms with E-state index in [0.717, 1.165) is 24.7 Å². The molecule has 0 atom stereocenters. The Morgan fingerprint density at radius 1 is 0.786 bits per heavy atom. The average molecular weight is 683 g/mol. The van der Waals surface area contributed by atoms with Crippen LogP contribution in [0.2, 0.25) is 0 Å². The van der Waals surface area contributed by atoms with Gasteiger partial charge in [0.1, 0.15) is 0 Å². The van der Waals surface area contributed by atoms with Crippen LogP contribution in [0.4, 0.5) is 0 Å². The summed E-state index contributed by atoms with van der Waals surface area (Å²) in [5.41, 5.74) is 8.76. The maximum absolute atomic E-state index is 3.53. The van der Waals surface area contributed by atoms with Crippen LogP contribution in [0.3, 0.4) is 0 Å². The van der Waals surface area contributed by atoms with Crippen LogP contribution in [-0.2, 0) is 41.5 Å². The molecule has 0 aromatic heterocycles. The van der Waals surface area contributed by atoms with Crippen LogP contribution in [0.25, 0.3) is 11.1 Å². The zero-order chi connectivity index (χ0) is 28.8. The monoisotopic (exact) mass is 680 g/mol. The second-order valence-electron chi connectivity index (χ2n) is 14.6. The molecule has 4 aliphatic carbocycles. The number of hydrogen-bond donors (Lipinski definition) is 0. The molecule has 42 heavy (non-hydrogen) atoms. The zero-order valence-corrected chi connectivity index (χ0v) is 31.0. The Morgan fingerprint density at radius 2 is 1.33 bits per heavy atom. The van der Waals surface area contributed by atoms with Gasteiger partial charge >= 0.3 is 103 Å². The summed E-state index contributed by atoms with van der Waals surface area (Å²) in [7, 11) is 0. The third-order valence-electron chi connectivity index (χ3n) is 9.13. The van der Waals surface area contributed by atoms with Gasteiger partial charge in [-0.2, -0.15) is 35.4 Å². The number of hydrogen-bond acceptors (Lipinski definition) is 0. The molecule has 0 saturated heterocycles. The van der Waals surface area contributed by atoms with Gasteiger partial charge in [-0.15, -0.1) is 12.0 Å². The quantitative estimate of drug-likeness (QED) is 0.346. The zero-order valence-electron chi connectivity index (χ0n) is 27.0. The average Bonchev–Trinajstić information content (AvgIpc) is 3.71. The number of allylic oxidation sites excluding steroid dienone is 4. The van der Waals surface area contributed by atoms with E-state index in [2.05, 4.69) is 90.1 Å². The Balaban J connectivity index is 0.000000253. The van der Waals surface area contributed by atoms with Crippen LogP contribution in [0, 0.1) is 24.0 Å². The van der Waals surface area contributed by atoms with Gasteiger partial charge in [0.15, 0.2) is 0 Å². The molecule has 2 aromatic rings. The molecule has 228 valence electrons. The van der Waals surface area contributed by atoms with Crippen molar-refractivity contribution < 1.29 is 49.0 Å². The first-order valence-corrected chi connectivity index (χ1v) is 17.2. The molecule has 0 N–H and O–H groups in total. The van der Waals surface area contributed by atoms with Gasteiger partial charge in [-0.25, -0.2) is 12.2 Å². The van der Waals surface area contributed by atoms with E-state index < -0.39 is 0 Å². The van der Waals surface area contributed by atoms with Crippen molar-refractivity contribution >= 4 is 3.21 Å². The van der Waals surface area contributed by atoms with Crippen LogP contribution in [0.1, 0.15) is 134 Å². The van der Waals surface area contributed by atoms with Crippen LogP contribution in [-0.4, -0.2) is 3.21 Å². The fraction of sp³-hybridized carbons (Fsp3) is 0.564. The first-order chi connectivity index (χ1) is 19.0. The van der Waals surface area contributed by atoms with E-state index in [0.29, 0.717) is 0 Å². The first-order valence-electron chi connectivity index (χ1n) is 16.0. The summed E-state index contributed by atoms with van der Waals surface area (Å²) in [6.45, 7) is 13.6. The van der Waals surface area contributed by atoms with Crippen molar-refractivity contribution in [3.05, 3.63) is 83.0 Å². The number of benzene rings is 2. The maximum atomic E-state index is 3.53. The third-order valence-corrected chi connectivity index (χ3v) is 10.1. The predicted octanol–water partition coefficient (Wildman–Crippen LogP) is 4.83. The molecule has 2 aromatic carbocycles. The van der Waals surface area contributed by atoms with Crippen LogP contribution in [0.5, 0.6) is 0 Å². The molecule has 0 nitrogen and oxygen atoms in total. The summed E-state index contributed by atoms with van der Waals surface area (Å²) in [6, 6.07) is 15.1. The van der Waals surface area contributed by atoms with E-state index in [1.807, 2.05) is 15.4 Å². The normalized spacial score (nSPS) is 17.3. The van der Waals surface area contributed by atoms with Gasteiger partial charge in [-0.3, -0.25) is 6.08 Å². The molecule has 3 heteroatoms. The minimum absolute atomic E-state index is 0.